The van der Waals surface area contributed by atoms with Crippen LogP contribution in [0.15, 0.2) is 41.0 Å². The number of ketones is 1. The van der Waals surface area contributed by atoms with E-state index in [0.29, 0.717) is 30.7 Å². The van der Waals surface area contributed by atoms with Crippen LogP contribution in [0.3, 0.4) is 0 Å². The quantitative estimate of drug-likeness (QED) is 0.458. The summed E-state index contributed by atoms with van der Waals surface area (Å²) in [6, 6.07) is 3.72. The van der Waals surface area contributed by atoms with Crippen LogP contribution in [0.25, 0.3) is 0 Å². The van der Waals surface area contributed by atoms with Crippen molar-refractivity contribution in [2.45, 2.75) is 84.7 Å². The average molecular weight is 467 g/mol. The number of hydrogen-bond acceptors (Lipinski definition) is 2. The van der Waals surface area contributed by atoms with Gasteiger partial charge in [-0.25, -0.2) is 8.78 Å². The van der Waals surface area contributed by atoms with Crippen LogP contribution in [0, 0.1) is 46.6 Å². The van der Waals surface area contributed by atoms with Crippen molar-refractivity contribution < 1.29 is 18.7 Å². The zero-order valence-electron chi connectivity index (χ0n) is 20.8. The van der Waals surface area contributed by atoms with Crippen molar-refractivity contribution in [2.24, 2.45) is 22.7 Å². The zero-order valence-corrected chi connectivity index (χ0v) is 20.8. The van der Waals surface area contributed by atoms with E-state index in [-0.39, 0.29) is 34.3 Å². The summed E-state index contributed by atoms with van der Waals surface area (Å²) < 4.78 is 28.9. The van der Waals surface area contributed by atoms with Crippen molar-refractivity contribution in [2.75, 3.05) is 0 Å². The second kappa shape index (κ2) is 9.08. The molecule has 0 saturated heterocycles. The maximum Gasteiger partial charge on any atom is 0.156 e. The highest BCUT2D eigenvalue weighted by atomic mass is 19.1. The molecule has 0 amide bonds. The van der Waals surface area contributed by atoms with E-state index in [4.69, 9.17) is 6.42 Å². The van der Waals surface area contributed by atoms with Gasteiger partial charge >= 0.3 is 0 Å². The van der Waals surface area contributed by atoms with Crippen LogP contribution in [-0.2, 0) is 4.79 Å². The second-order valence-electron chi connectivity index (χ2n) is 11.7. The molecule has 0 radical (unpaired) electrons. The van der Waals surface area contributed by atoms with E-state index in [1.165, 1.54) is 23.3 Å². The molecule has 0 aromatic heterocycles. The predicted molar refractivity (Wildman–Crippen MR) is 131 cm³/mol. The second-order valence-corrected chi connectivity index (χ2v) is 11.7. The summed E-state index contributed by atoms with van der Waals surface area (Å²) in [4.78, 5) is 12.0. The topological polar surface area (TPSA) is 37.3 Å². The standard InChI is InChI=1S/C24H26F2O2.C6H10/c1-24-12-19(18-11-14(25)3-8-21(18)26)23-16-6-4-15(27)10-13(16)2-5-17(23)20(24)7-9-22(24)28;1-5-6(2,3)4/h3,8,10-11,17,19-20,22,28H,2,4-7,9,12H2,1H3;1H,2-4H3. The lowest BCUT2D eigenvalue weighted by Crippen LogP contribution is -2.45. The Hall–Kier alpha value is -2.25. The third-order valence-electron chi connectivity index (χ3n) is 8.45. The van der Waals surface area contributed by atoms with Gasteiger partial charge in [-0.2, -0.15) is 0 Å². The van der Waals surface area contributed by atoms with Gasteiger partial charge in [0.15, 0.2) is 5.78 Å². The molecule has 1 N–H and O–H groups in total. The minimum atomic E-state index is -0.428. The molecule has 2 fully saturated rings. The number of benzene rings is 1. The van der Waals surface area contributed by atoms with E-state index in [9.17, 15) is 18.7 Å². The molecule has 0 spiro atoms. The van der Waals surface area contributed by atoms with Gasteiger partial charge in [0.25, 0.3) is 0 Å². The zero-order chi connectivity index (χ0) is 24.8. The maximum atomic E-state index is 14.8. The molecule has 0 heterocycles. The molecule has 0 aliphatic heterocycles. The molecule has 5 unspecified atom stereocenters. The number of aliphatic hydroxyl groups excluding tert-OH is 1. The summed E-state index contributed by atoms with van der Waals surface area (Å²) in [7, 11) is 0. The van der Waals surface area contributed by atoms with Crippen LogP contribution in [0.5, 0.6) is 0 Å². The minimum absolute atomic E-state index is 0.0694. The van der Waals surface area contributed by atoms with Crippen molar-refractivity contribution in [3.05, 3.63) is 58.2 Å². The van der Waals surface area contributed by atoms with E-state index in [0.717, 1.165) is 37.3 Å². The van der Waals surface area contributed by atoms with Crippen LogP contribution >= 0.6 is 0 Å². The summed E-state index contributed by atoms with van der Waals surface area (Å²) in [5.74, 6) is 2.39. The fraction of sp³-hybridized carbons (Fsp3) is 0.567. The highest BCUT2D eigenvalue weighted by molar-refractivity contribution is 5.93. The molecule has 34 heavy (non-hydrogen) atoms. The van der Waals surface area contributed by atoms with Gasteiger partial charge in [0, 0.05) is 17.8 Å². The van der Waals surface area contributed by atoms with Crippen LogP contribution in [0.4, 0.5) is 8.78 Å². The molecule has 4 aliphatic rings. The van der Waals surface area contributed by atoms with Gasteiger partial charge in [0.2, 0.25) is 0 Å². The lowest BCUT2D eigenvalue weighted by Gasteiger charge is -2.52. The fourth-order valence-electron chi connectivity index (χ4n) is 6.69. The molecule has 2 nitrogen and oxygen atoms in total. The highest BCUT2D eigenvalue weighted by Crippen LogP contribution is 2.64. The van der Waals surface area contributed by atoms with Gasteiger partial charge in [-0.15, -0.1) is 12.3 Å². The summed E-state index contributed by atoms with van der Waals surface area (Å²) in [5, 5.41) is 10.8. The van der Waals surface area contributed by atoms with Crippen LogP contribution in [0.1, 0.15) is 84.1 Å². The van der Waals surface area contributed by atoms with Gasteiger partial charge in [0.1, 0.15) is 11.6 Å². The Kier molecular flexibility index (Phi) is 6.64. The Morgan fingerprint density at radius 2 is 1.82 bits per heavy atom. The maximum absolute atomic E-state index is 14.8. The van der Waals surface area contributed by atoms with Gasteiger partial charge in [-0.1, -0.05) is 12.5 Å². The van der Waals surface area contributed by atoms with Gasteiger partial charge in [0.05, 0.1) is 6.10 Å². The Bertz CT molecular complexity index is 1080. The van der Waals surface area contributed by atoms with Gasteiger partial charge in [-0.3, -0.25) is 4.79 Å². The van der Waals surface area contributed by atoms with Gasteiger partial charge in [-0.05, 0) is 118 Å². The third kappa shape index (κ3) is 4.52. The van der Waals surface area contributed by atoms with Gasteiger partial charge < -0.3 is 5.11 Å². The lowest BCUT2D eigenvalue weighted by atomic mass is 9.53. The Morgan fingerprint density at radius 3 is 2.50 bits per heavy atom. The summed E-state index contributed by atoms with van der Waals surface area (Å²) in [6.07, 6.45) is 11.8. The number of rotatable bonds is 1. The number of terminal acetylenes is 1. The lowest BCUT2D eigenvalue weighted by molar-refractivity contribution is -0.114. The number of hydrogen-bond donors (Lipinski definition) is 1. The molecule has 2 saturated carbocycles. The fourth-order valence-corrected chi connectivity index (χ4v) is 6.69. The average Bonchev–Trinajstić information content (AvgIpc) is 3.08. The number of fused-ring (bicyclic) bond motifs is 4. The largest absolute Gasteiger partial charge is 0.393 e. The SMILES string of the molecule is C#CC(C)(C)C.CC12CC(c3cc(F)ccc3F)C3=C4CCC(=O)C=C4CCC3C1CCC2O. The Morgan fingerprint density at radius 1 is 1.12 bits per heavy atom. The summed E-state index contributed by atoms with van der Waals surface area (Å²) in [5.41, 5.74) is 3.75. The Labute approximate surface area is 202 Å². The van der Waals surface area contributed by atoms with E-state index >= 15 is 0 Å². The number of carbonyl (C=O) groups excluding carboxylic acids is 1. The number of halogens is 2. The summed E-state index contributed by atoms with van der Waals surface area (Å²) in [6.45, 7) is 8.16. The first-order valence-electron chi connectivity index (χ1n) is 12.5. The van der Waals surface area contributed by atoms with Crippen molar-refractivity contribution in [1.29, 1.82) is 0 Å². The van der Waals surface area contributed by atoms with E-state index in [2.05, 4.69) is 12.8 Å². The molecule has 0 bridgehead atoms. The van der Waals surface area contributed by atoms with Crippen molar-refractivity contribution in [3.63, 3.8) is 0 Å². The first-order valence-corrected chi connectivity index (χ1v) is 12.5. The number of aliphatic hydroxyl groups is 1. The van der Waals surface area contributed by atoms with Crippen molar-refractivity contribution >= 4 is 5.78 Å². The molecule has 5 atom stereocenters. The molecule has 4 aliphatic carbocycles. The van der Waals surface area contributed by atoms with Crippen molar-refractivity contribution in [1.82, 2.24) is 0 Å². The highest BCUT2D eigenvalue weighted by Gasteiger charge is 2.56. The first kappa shape index (κ1) is 24.9. The van der Waals surface area contributed by atoms with E-state index < -0.39 is 11.9 Å². The minimum Gasteiger partial charge on any atom is -0.393 e. The Balaban J connectivity index is 0.000000408. The van der Waals surface area contributed by atoms with E-state index in [1.807, 2.05) is 20.8 Å². The first-order chi connectivity index (χ1) is 15.9. The predicted octanol–water partition coefficient (Wildman–Crippen LogP) is 6.89. The van der Waals surface area contributed by atoms with Crippen molar-refractivity contribution in [3.8, 4) is 12.3 Å². The molecule has 1 aromatic carbocycles. The van der Waals surface area contributed by atoms with Crippen LogP contribution in [0.2, 0.25) is 0 Å². The molecular formula is C30H36F2O2. The molecule has 4 heteroatoms. The molecule has 5 rings (SSSR count). The van der Waals surface area contributed by atoms with Crippen LogP contribution in [-0.4, -0.2) is 17.0 Å². The normalized spacial score (nSPS) is 32.5. The monoisotopic (exact) mass is 466 g/mol. The smallest absolute Gasteiger partial charge is 0.156 e. The molecule has 1 aromatic rings. The summed E-state index contributed by atoms with van der Waals surface area (Å²) >= 11 is 0. The molecule has 182 valence electrons. The van der Waals surface area contributed by atoms with E-state index in [1.54, 1.807) is 6.08 Å². The van der Waals surface area contributed by atoms with Crippen LogP contribution < -0.4 is 0 Å². The molecular weight excluding hydrogens is 430 g/mol. The number of allylic oxidation sites excluding steroid dienone is 4. The number of carbonyl (C=O) groups is 1. The third-order valence-corrected chi connectivity index (χ3v) is 8.45.